The maximum absolute atomic E-state index is 11.7. The number of carbonyl (C=O) groups excluding carboxylic acids is 1. The smallest absolute Gasteiger partial charge is 0.314 e. The normalized spacial score (nSPS) is 11.8. The minimum atomic E-state index is -0.866. The third-order valence-electron chi connectivity index (χ3n) is 4.25. The van der Waals surface area contributed by atoms with E-state index in [2.05, 4.69) is 36.4 Å². The van der Waals surface area contributed by atoms with Crippen molar-refractivity contribution >= 4 is 12.0 Å². The number of nitrogens with one attached hydrogen (secondary N) is 2. The lowest BCUT2D eigenvalue weighted by Crippen LogP contribution is -2.46. The van der Waals surface area contributed by atoms with Crippen LogP contribution in [0.1, 0.15) is 47.0 Å². The lowest BCUT2D eigenvalue weighted by molar-refractivity contribution is -0.149. The summed E-state index contributed by atoms with van der Waals surface area (Å²) in [5, 5.41) is 14.7. The number of urea groups is 1. The summed E-state index contributed by atoms with van der Waals surface area (Å²) in [6, 6.07) is 0.193. The van der Waals surface area contributed by atoms with Crippen molar-refractivity contribution in [3.8, 4) is 0 Å². The molecule has 0 aromatic carbocycles. The van der Waals surface area contributed by atoms with Gasteiger partial charge in [0.1, 0.15) is 0 Å². The second-order valence-corrected chi connectivity index (χ2v) is 5.83. The van der Waals surface area contributed by atoms with Crippen LogP contribution in [0.2, 0.25) is 0 Å². The molecule has 0 fully saturated rings. The Balaban J connectivity index is 4.02. The molecule has 0 aromatic heterocycles. The molecular formula is C15H31N3O3. The third-order valence-corrected chi connectivity index (χ3v) is 4.25. The maximum Gasteiger partial charge on any atom is 0.314 e. The van der Waals surface area contributed by atoms with E-state index in [0.717, 1.165) is 13.0 Å². The molecule has 0 saturated heterocycles. The molecule has 0 aromatic rings. The molecule has 6 heteroatoms. The van der Waals surface area contributed by atoms with Gasteiger partial charge in [-0.3, -0.25) is 4.79 Å². The van der Waals surface area contributed by atoms with Crippen molar-refractivity contribution in [1.82, 2.24) is 15.5 Å². The summed E-state index contributed by atoms with van der Waals surface area (Å²) in [4.78, 5) is 25.2. The molecule has 0 saturated carbocycles. The average molecular weight is 301 g/mol. The summed E-state index contributed by atoms with van der Waals surface area (Å²) < 4.78 is 0. The quantitative estimate of drug-likeness (QED) is 0.538. The van der Waals surface area contributed by atoms with Gasteiger partial charge in [0.05, 0.1) is 5.41 Å². The van der Waals surface area contributed by atoms with Crippen molar-refractivity contribution in [2.75, 3.05) is 26.7 Å². The predicted molar refractivity (Wildman–Crippen MR) is 84.4 cm³/mol. The van der Waals surface area contributed by atoms with Gasteiger partial charge in [0.2, 0.25) is 0 Å². The zero-order valence-corrected chi connectivity index (χ0v) is 14.0. The van der Waals surface area contributed by atoms with E-state index in [-0.39, 0.29) is 12.6 Å². The Morgan fingerprint density at radius 3 is 2.19 bits per heavy atom. The Hall–Kier alpha value is -1.30. The Kier molecular flexibility index (Phi) is 9.01. The molecule has 0 unspecified atom stereocenters. The van der Waals surface area contributed by atoms with Gasteiger partial charge < -0.3 is 20.6 Å². The van der Waals surface area contributed by atoms with Crippen LogP contribution >= 0.6 is 0 Å². The van der Waals surface area contributed by atoms with Crippen LogP contribution < -0.4 is 10.6 Å². The Morgan fingerprint density at radius 2 is 1.76 bits per heavy atom. The summed E-state index contributed by atoms with van der Waals surface area (Å²) in [7, 11) is 2.05. The minimum Gasteiger partial charge on any atom is -0.481 e. The zero-order valence-electron chi connectivity index (χ0n) is 14.0. The topological polar surface area (TPSA) is 81.7 Å². The monoisotopic (exact) mass is 301 g/mol. The van der Waals surface area contributed by atoms with Gasteiger partial charge in [-0.25, -0.2) is 4.79 Å². The molecule has 0 aliphatic heterocycles. The number of aliphatic carboxylic acids is 1. The summed E-state index contributed by atoms with van der Waals surface area (Å²) in [5.74, 6) is -0.855. The molecule has 124 valence electrons. The fraction of sp³-hybridized carbons (Fsp3) is 0.867. The van der Waals surface area contributed by atoms with Crippen molar-refractivity contribution in [3.63, 3.8) is 0 Å². The average Bonchev–Trinajstić information content (AvgIpc) is 2.44. The van der Waals surface area contributed by atoms with Crippen LogP contribution in [-0.2, 0) is 4.79 Å². The lowest BCUT2D eigenvalue weighted by atomic mass is 9.82. The van der Waals surface area contributed by atoms with E-state index in [9.17, 15) is 14.7 Å². The van der Waals surface area contributed by atoms with Crippen LogP contribution in [0.5, 0.6) is 0 Å². The van der Waals surface area contributed by atoms with Crippen molar-refractivity contribution in [3.05, 3.63) is 0 Å². The van der Waals surface area contributed by atoms with Gasteiger partial charge in [-0.2, -0.15) is 0 Å². The molecule has 0 radical (unpaired) electrons. The van der Waals surface area contributed by atoms with E-state index < -0.39 is 11.4 Å². The molecule has 21 heavy (non-hydrogen) atoms. The van der Waals surface area contributed by atoms with E-state index in [1.165, 1.54) is 0 Å². The highest BCUT2D eigenvalue weighted by molar-refractivity contribution is 5.78. The number of amides is 2. The molecule has 0 aliphatic carbocycles. The first kappa shape index (κ1) is 19.7. The predicted octanol–water partition coefficient (Wildman–Crippen LogP) is 1.91. The molecule has 3 N–H and O–H groups in total. The number of carboxylic acids is 1. The standard InChI is InChI=1S/C15H31N3O3/c1-6-15(7-2,13(19)20)11-17-14(21)16-9-8-10-18(5)12(3)4/h12H,6-11H2,1-5H3,(H,19,20)(H2,16,17,21). The minimum absolute atomic E-state index is 0.160. The molecule has 0 heterocycles. The number of hydrogen-bond donors (Lipinski definition) is 3. The largest absolute Gasteiger partial charge is 0.481 e. The highest BCUT2D eigenvalue weighted by Gasteiger charge is 2.35. The summed E-state index contributed by atoms with van der Waals surface area (Å²) in [5.41, 5.74) is -0.866. The van der Waals surface area contributed by atoms with Crippen molar-refractivity contribution in [1.29, 1.82) is 0 Å². The lowest BCUT2D eigenvalue weighted by Gasteiger charge is -2.27. The van der Waals surface area contributed by atoms with E-state index in [1.54, 1.807) is 0 Å². The van der Waals surface area contributed by atoms with Crippen LogP contribution in [0.4, 0.5) is 4.79 Å². The van der Waals surface area contributed by atoms with Gasteiger partial charge in [0, 0.05) is 19.1 Å². The first-order valence-corrected chi connectivity index (χ1v) is 7.74. The number of hydrogen-bond acceptors (Lipinski definition) is 3. The molecule has 6 nitrogen and oxygen atoms in total. The summed E-state index contributed by atoms with van der Waals surface area (Å²) in [6.07, 6.45) is 1.87. The van der Waals surface area contributed by atoms with Crippen LogP contribution in [0, 0.1) is 5.41 Å². The number of carbonyl (C=O) groups is 2. The highest BCUT2D eigenvalue weighted by Crippen LogP contribution is 2.25. The summed E-state index contributed by atoms with van der Waals surface area (Å²) >= 11 is 0. The van der Waals surface area contributed by atoms with Crippen molar-refractivity contribution in [2.24, 2.45) is 5.41 Å². The van der Waals surface area contributed by atoms with Gasteiger partial charge >= 0.3 is 12.0 Å². The summed E-state index contributed by atoms with van der Waals surface area (Å²) in [6.45, 7) is 9.58. The fourth-order valence-corrected chi connectivity index (χ4v) is 1.98. The molecule has 0 atom stereocenters. The van der Waals surface area contributed by atoms with Gasteiger partial charge in [0.25, 0.3) is 0 Å². The first-order valence-electron chi connectivity index (χ1n) is 7.74. The van der Waals surface area contributed by atoms with Crippen molar-refractivity contribution in [2.45, 2.75) is 53.0 Å². The number of rotatable bonds is 10. The molecule has 0 rings (SSSR count). The van der Waals surface area contributed by atoms with Gasteiger partial charge in [0.15, 0.2) is 0 Å². The molecule has 0 bridgehead atoms. The van der Waals surface area contributed by atoms with E-state index in [4.69, 9.17) is 0 Å². The molecule has 0 spiro atoms. The molecule has 2 amide bonds. The van der Waals surface area contributed by atoms with E-state index in [1.807, 2.05) is 13.8 Å². The van der Waals surface area contributed by atoms with E-state index >= 15 is 0 Å². The van der Waals surface area contributed by atoms with Crippen molar-refractivity contribution < 1.29 is 14.7 Å². The third kappa shape index (κ3) is 6.80. The zero-order chi connectivity index (χ0) is 16.5. The Morgan fingerprint density at radius 1 is 1.19 bits per heavy atom. The van der Waals surface area contributed by atoms with Crippen LogP contribution in [-0.4, -0.2) is 54.7 Å². The van der Waals surface area contributed by atoms with Crippen LogP contribution in [0.15, 0.2) is 0 Å². The number of nitrogens with zero attached hydrogens (tertiary/aromatic N) is 1. The van der Waals surface area contributed by atoms with Crippen LogP contribution in [0.3, 0.4) is 0 Å². The SMILES string of the molecule is CCC(CC)(CNC(=O)NCCCN(C)C(C)C)C(=O)O. The Labute approximate surface area is 128 Å². The fourth-order valence-electron chi connectivity index (χ4n) is 1.98. The Bertz CT molecular complexity index is 328. The second-order valence-electron chi connectivity index (χ2n) is 5.83. The van der Waals surface area contributed by atoms with Gasteiger partial charge in [-0.05, 0) is 46.7 Å². The highest BCUT2D eigenvalue weighted by atomic mass is 16.4. The first-order chi connectivity index (χ1) is 9.79. The molecule has 0 aliphatic rings. The molecular weight excluding hydrogens is 270 g/mol. The van der Waals surface area contributed by atoms with E-state index in [0.29, 0.717) is 25.4 Å². The maximum atomic E-state index is 11.7. The second kappa shape index (κ2) is 9.60. The van der Waals surface area contributed by atoms with Gasteiger partial charge in [-0.1, -0.05) is 13.8 Å². The number of carboxylic acid groups (broad SMARTS) is 1. The van der Waals surface area contributed by atoms with Crippen LogP contribution in [0.25, 0.3) is 0 Å². The van der Waals surface area contributed by atoms with Gasteiger partial charge in [-0.15, -0.1) is 0 Å².